The molecule has 1 aromatic carbocycles. The zero-order valence-electron chi connectivity index (χ0n) is 10.8. The molecule has 0 aliphatic carbocycles. The Bertz CT molecular complexity index is 689. The molecule has 8 heteroatoms. The van der Waals surface area contributed by atoms with Crippen molar-refractivity contribution in [3.63, 3.8) is 0 Å². The molecule has 0 unspecified atom stereocenters. The lowest BCUT2D eigenvalue weighted by molar-refractivity contribution is -0.274. The third-order valence-corrected chi connectivity index (χ3v) is 6.37. The Morgan fingerprint density at radius 2 is 1.76 bits per heavy atom. The standard InChI is InChI=1S/C13H11F3O3S2/c1-9(21(17,18)12-3-2-8-20-12)10-4-6-11(7-5-10)19-13(14,15)16/h2-9H,1H3/t9-/m1/s1. The molecule has 0 saturated heterocycles. The normalized spacial score (nSPS) is 13.9. The molecule has 114 valence electrons. The molecule has 0 fully saturated rings. The van der Waals surface area contributed by atoms with E-state index in [-0.39, 0.29) is 9.96 Å². The zero-order chi connectivity index (χ0) is 15.7. The summed E-state index contributed by atoms with van der Waals surface area (Å²) < 4.78 is 64.8. The second-order valence-electron chi connectivity index (χ2n) is 4.24. The van der Waals surface area contributed by atoms with Crippen LogP contribution in [0.15, 0.2) is 46.0 Å². The van der Waals surface area contributed by atoms with Crippen LogP contribution in [0, 0.1) is 0 Å². The van der Waals surface area contributed by atoms with Crippen molar-refractivity contribution in [2.45, 2.75) is 22.7 Å². The number of hydrogen-bond acceptors (Lipinski definition) is 4. The van der Waals surface area contributed by atoms with E-state index in [1.807, 2.05) is 0 Å². The minimum absolute atomic E-state index is 0.227. The molecule has 0 spiro atoms. The largest absolute Gasteiger partial charge is 0.573 e. The molecule has 1 aromatic heterocycles. The van der Waals surface area contributed by atoms with Gasteiger partial charge in [0.05, 0.1) is 5.25 Å². The highest BCUT2D eigenvalue weighted by atomic mass is 32.2. The molecule has 2 aromatic rings. The van der Waals surface area contributed by atoms with E-state index in [1.54, 1.807) is 11.4 Å². The first-order valence-corrected chi connectivity index (χ1v) is 8.26. The summed E-state index contributed by atoms with van der Waals surface area (Å²) in [5.41, 5.74) is 0.401. The number of benzene rings is 1. The molecule has 0 aliphatic heterocycles. The maximum atomic E-state index is 12.3. The molecule has 1 heterocycles. The van der Waals surface area contributed by atoms with Gasteiger partial charge in [-0.05, 0) is 36.1 Å². The van der Waals surface area contributed by atoms with Crippen LogP contribution in [-0.4, -0.2) is 14.8 Å². The first-order chi connectivity index (χ1) is 9.70. The van der Waals surface area contributed by atoms with E-state index in [0.717, 1.165) is 23.5 Å². The zero-order valence-corrected chi connectivity index (χ0v) is 12.4. The SMILES string of the molecule is C[C@H](c1ccc(OC(F)(F)F)cc1)S(=O)(=O)c1cccs1. The summed E-state index contributed by atoms with van der Waals surface area (Å²) in [6.07, 6.45) is -4.77. The Morgan fingerprint density at radius 3 is 2.24 bits per heavy atom. The lowest BCUT2D eigenvalue weighted by atomic mass is 10.2. The summed E-state index contributed by atoms with van der Waals surface area (Å²) in [5, 5.41) is 0.802. The number of ether oxygens (including phenoxy) is 1. The monoisotopic (exact) mass is 336 g/mol. The number of alkyl halides is 3. The minimum Gasteiger partial charge on any atom is -0.406 e. The van der Waals surface area contributed by atoms with Crippen LogP contribution >= 0.6 is 11.3 Å². The van der Waals surface area contributed by atoms with Crippen molar-refractivity contribution in [1.82, 2.24) is 0 Å². The van der Waals surface area contributed by atoms with E-state index in [4.69, 9.17) is 0 Å². The van der Waals surface area contributed by atoms with Gasteiger partial charge in [0.15, 0.2) is 9.84 Å². The number of thiophene rings is 1. The minimum atomic E-state index is -4.77. The Balaban J connectivity index is 2.23. The summed E-state index contributed by atoms with van der Waals surface area (Å²) in [4.78, 5) is 0. The summed E-state index contributed by atoms with van der Waals surface area (Å²) in [6, 6.07) is 7.96. The number of rotatable bonds is 4. The van der Waals surface area contributed by atoms with Crippen molar-refractivity contribution in [3.8, 4) is 5.75 Å². The Morgan fingerprint density at radius 1 is 1.14 bits per heavy atom. The van der Waals surface area contributed by atoms with Gasteiger partial charge in [0.25, 0.3) is 0 Å². The topological polar surface area (TPSA) is 43.4 Å². The fourth-order valence-electron chi connectivity index (χ4n) is 1.72. The molecule has 3 nitrogen and oxygen atoms in total. The van der Waals surface area contributed by atoms with E-state index in [2.05, 4.69) is 4.74 Å². The highest BCUT2D eigenvalue weighted by Gasteiger charge is 2.31. The molecule has 2 rings (SSSR count). The molecule has 0 N–H and O–H groups in total. The lowest BCUT2D eigenvalue weighted by Crippen LogP contribution is -2.17. The van der Waals surface area contributed by atoms with E-state index in [0.29, 0.717) is 5.56 Å². The van der Waals surface area contributed by atoms with E-state index in [9.17, 15) is 21.6 Å². The van der Waals surface area contributed by atoms with Gasteiger partial charge in [0, 0.05) is 0 Å². The third kappa shape index (κ3) is 3.76. The van der Waals surface area contributed by atoms with Gasteiger partial charge in [-0.25, -0.2) is 8.42 Å². The molecule has 0 radical (unpaired) electrons. The average Bonchev–Trinajstić information content (AvgIpc) is 2.91. The number of hydrogen-bond donors (Lipinski definition) is 0. The molecule has 1 atom stereocenters. The van der Waals surface area contributed by atoms with E-state index < -0.39 is 21.4 Å². The molecule has 0 amide bonds. The predicted molar refractivity (Wildman–Crippen MR) is 73.0 cm³/mol. The van der Waals surface area contributed by atoms with Crippen molar-refractivity contribution >= 4 is 21.2 Å². The quantitative estimate of drug-likeness (QED) is 0.841. The maximum Gasteiger partial charge on any atom is 0.573 e. The van der Waals surface area contributed by atoms with Gasteiger partial charge in [-0.15, -0.1) is 24.5 Å². The average molecular weight is 336 g/mol. The third-order valence-electron chi connectivity index (χ3n) is 2.82. The molecule has 21 heavy (non-hydrogen) atoms. The van der Waals surface area contributed by atoms with Crippen LogP contribution in [0.2, 0.25) is 0 Å². The maximum absolute atomic E-state index is 12.3. The molecular weight excluding hydrogens is 325 g/mol. The van der Waals surface area contributed by atoms with Crippen LogP contribution < -0.4 is 4.74 Å². The van der Waals surface area contributed by atoms with Gasteiger partial charge in [0.2, 0.25) is 0 Å². The van der Waals surface area contributed by atoms with Crippen molar-refractivity contribution in [2.24, 2.45) is 0 Å². The van der Waals surface area contributed by atoms with Crippen molar-refractivity contribution in [3.05, 3.63) is 47.3 Å². The first kappa shape index (κ1) is 15.8. The Kier molecular flexibility index (Phi) is 4.29. The lowest BCUT2D eigenvalue weighted by Gasteiger charge is -2.13. The number of halogens is 3. The summed E-state index contributed by atoms with van der Waals surface area (Å²) in [7, 11) is -3.54. The summed E-state index contributed by atoms with van der Waals surface area (Å²) >= 11 is 1.10. The fourth-order valence-corrected chi connectivity index (χ4v) is 4.44. The Labute approximate surface area is 123 Å². The van der Waals surface area contributed by atoms with Crippen LogP contribution in [0.25, 0.3) is 0 Å². The van der Waals surface area contributed by atoms with Crippen molar-refractivity contribution in [2.75, 3.05) is 0 Å². The number of sulfone groups is 1. The highest BCUT2D eigenvalue weighted by Crippen LogP contribution is 2.32. The van der Waals surface area contributed by atoms with Crippen LogP contribution in [0.5, 0.6) is 5.75 Å². The molecular formula is C13H11F3O3S2. The summed E-state index contributed by atoms with van der Waals surface area (Å²) in [6.45, 7) is 1.49. The smallest absolute Gasteiger partial charge is 0.406 e. The van der Waals surface area contributed by atoms with Gasteiger partial charge < -0.3 is 4.74 Å². The second-order valence-corrected chi connectivity index (χ2v) is 7.68. The van der Waals surface area contributed by atoms with Crippen molar-refractivity contribution in [1.29, 1.82) is 0 Å². The van der Waals surface area contributed by atoms with Crippen molar-refractivity contribution < 1.29 is 26.3 Å². The summed E-state index contributed by atoms with van der Waals surface area (Å²) in [5.74, 6) is -0.382. The van der Waals surface area contributed by atoms with Gasteiger partial charge in [-0.2, -0.15) is 0 Å². The van der Waals surface area contributed by atoms with E-state index >= 15 is 0 Å². The van der Waals surface area contributed by atoms with Gasteiger partial charge >= 0.3 is 6.36 Å². The molecule has 0 saturated carbocycles. The highest BCUT2D eigenvalue weighted by molar-refractivity contribution is 7.93. The van der Waals surface area contributed by atoms with Gasteiger partial charge in [-0.1, -0.05) is 18.2 Å². The second kappa shape index (κ2) is 5.69. The van der Waals surface area contributed by atoms with Gasteiger partial charge in [0.1, 0.15) is 9.96 Å². The van der Waals surface area contributed by atoms with Crippen LogP contribution in [-0.2, 0) is 9.84 Å². The predicted octanol–water partition coefficient (Wildman–Crippen LogP) is 4.18. The fraction of sp³-hybridized carbons (Fsp3) is 0.231. The molecule has 0 aliphatic rings. The van der Waals surface area contributed by atoms with Crippen LogP contribution in [0.3, 0.4) is 0 Å². The Hall–Kier alpha value is -1.54. The van der Waals surface area contributed by atoms with E-state index in [1.165, 1.54) is 25.1 Å². The molecule has 0 bridgehead atoms. The van der Waals surface area contributed by atoms with Crippen LogP contribution in [0.4, 0.5) is 13.2 Å². The van der Waals surface area contributed by atoms with Crippen LogP contribution in [0.1, 0.15) is 17.7 Å². The first-order valence-electron chi connectivity index (χ1n) is 5.83. The van der Waals surface area contributed by atoms with Gasteiger partial charge in [-0.3, -0.25) is 0 Å².